The van der Waals surface area contributed by atoms with Gasteiger partial charge in [-0.25, -0.2) is 17.7 Å². The predicted molar refractivity (Wildman–Crippen MR) is 107 cm³/mol. The van der Waals surface area contributed by atoms with Gasteiger partial charge in [-0.05, 0) is 43.5 Å². The first kappa shape index (κ1) is 19.8. The number of aryl methyl sites for hydroxylation is 1. The summed E-state index contributed by atoms with van der Waals surface area (Å²) < 4.78 is 30.1. The van der Waals surface area contributed by atoms with Gasteiger partial charge in [0.25, 0.3) is 0 Å². The minimum atomic E-state index is -3.28. The van der Waals surface area contributed by atoms with Crippen LogP contribution in [0.5, 0.6) is 5.75 Å². The fourth-order valence-electron chi connectivity index (χ4n) is 3.17. The van der Waals surface area contributed by atoms with Gasteiger partial charge in [-0.15, -0.1) is 11.3 Å². The van der Waals surface area contributed by atoms with E-state index in [-0.39, 0.29) is 18.4 Å². The molecule has 0 aliphatic carbocycles. The number of amides is 1. The van der Waals surface area contributed by atoms with Gasteiger partial charge in [0.1, 0.15) is 5.75 Å². The quantitative estimate of drug-likeness (QED) is 0.820. The lowest BCUT2D eigenvalue weighted by Gasteiger charge is -2.29. The third-order valence-corrected chi connectivity index (χ3v) is 6.68. The molecule has 1 amide bonds. The number of nitrogens with one attached hydrogen (secondary N) is 1. The van der Waals surface area contributed by atoms with Crippen LogP contribution in [-0.2, 0) is 14.8 Å². The van der Waals surface area contributed by atoms with E-state index in [1.165, 1.54) is 21.9 Å². The maximum absolute atomic E-state index is 12.5. The summed E-state index contributed by atoms with van der Waals surface area (Å²) in [6.45, 7) is 2.66. The fraction of sp³-hybridized carbons (Fsp3) is 0.444. The number of benzene rings is 1. The van der Waals surface area contributed by atoms with Crippen molar-refractivity contribution >= 4 is 32.4 Å². The molecule has 3 rings (SSSR count). The molecule has 0 spiro atoms. The topological polar surface area (TPSA) is 88.6 Å². The van der Waals surface area contributed by atoms with E-state index in [1.54, 1.807) is 7.11 Å². The number of aromatic nitrogens is 1. The molecule has 9 heteroatoms. The summed E-state index contributed by atoms with van der Waals surface area (Å²) in [5, 5.41) is 5.24. The van der Waals surface area contributed by atoms with Gasteiger partial charge >= 0.3 is 0 Å². The van der Waals surface area contributed by atoms with Gasteiger partial charge < -0.3 is 10.1 Å². The van der Waals surface area contributed by atoms with Gasteiger partial charge in [-0.1, -0.05) is 0 Å². The summed E-state index contributed by atoms with van der Waals surface area (Å²) in [6, 6.07) is 5.81. The minimum absolute atomic E-state index is 0.185. The molecule has 0 radical (unpaired) electrons. The zero-order valence-electron chi connectivity index (χ0n) is 15.6. The summed E-state index contributed by atoms with van der Waals surface area (Å²) in [5.41, 5.74) is 2.74. The Morgan fingerprint density at radius 3 is 2.85 bits per heavy atom. The first-order valence-electron chi connectivity index (χ1n) is 8.64. The highest BCUT2D eigenvalue weighted by atomic mass is 32.2. The van der Waals surface area contributed by atoms with Crippen molar-refractivity contribution in [2.75, 3.05) is 31.8 Å². The van der Waals surface area contributed by atoms with Crippen LogP contribution >= 0.6 is 11.3 Å². The molecule has 1 aromatic carbocycles. The number of anilines is 1. The van der Waals surface area contributed by atoms with Crippen molar-refractivity contribution in [1.82, 2.24) is 9.29 Å². The van der Waals surface area contributed by atoms with E-state index in [4.69, 9.17) is 4.74 Å². The van der Waals surface area contributed by atoms with E-state index in [2.05, 4.69) is 10.3 Å². The Morgan fingerprint density at radius 1 is 1.41 bits per heavy atom. The number of hydrogen-bond donors (Lipinski definition) is 1. The number of methoxy groups -OCH3 is 1. The SMILES string of the molecule is COc1ccc(-c2csc(NC(=O)[C@H]3CCCN(S(C)(=O)=O)C3)n2)cc1C. The molecule has 1 aliphatic rings. The predicted octanol–water partition coefficient (Wildman–Crippen LogP) is 2.74. The number of sulfonamides is 1. The van der Waals surface area contributed by atoms with Crippen molar-refractivity contribution in [2.45, 2.75) is 19.8 Å². The summed E-state index contributed by atoms with van der Waals surface area (Å²) in [6.07, 6.45) is 2.53. The average molecular weight is 410 g/mol. The van der Waals surface area contributed by atoms with Gasteiger partial charge in [-0.3, -0.25) is 4.79 Å². The van der Waals surface area contributed by atoms with E-state index in [1.807, 2.05) is 30.5 Å². The zero-order valence-corrected chi connectivity index (χ0v) is 17.2. The van der Waals surface area contributed by atoms with E-state index >= 15 is 0 Å². The lowest BCUT2D eigenvalue weighted by molar-refractivity contribution is -0.120. The molecule has 1 atom stereocenters. The van der Waals surface area contributed by atoms with Gasteiger partial charge in [0.2, 0.25) is 15.9 Å². The Hall–Kier alpha value is -1.97. The Morgan fingerprint density at radius 2 is 2.19 bits per heavy atom. The molecule has 1 N–H and O–H groups in total. The van der Waals surface area contributed by atoms with Crippen LogP contribution in [0.3, 0.4) is 0 Å². The number of rotatable bonds is 5. The van der Waals surface area contributed by atoms with Gasteiger partial charge in [0, 0.05) is 24.0 Å². The van der Waals surface area contributed by atoms with Gasteiger partial charge in [0.05, 0.1) is 25.0 Å². The highest BCUT2D eigenvalue weighted by Gasteiger charge is 2.30. The monoisotopic (exact) mass is 409 g/mol. The molecule has 146 valence electrons. The largest absolute Gasteiger partial charge is 0.496 e. The van der Waals surface area contributed by atoms with Crippen molar-refractivity contribution in [3.05, 3.63) is 29.1 Å². The van der Waals surface area contributed by atoms with Crippen molar-refractivity contribution in [2.24, 2.45) is 5.92 Å². The molecule has 7 nitrogen and oxygen atoms in total. The molecule has 2 aromatic rings. The Bertz CT molecular complexity index is 940. The van der Waals surface area contributed by atoms with Gasteiger partial charge in [-0.2, -0.15) is 0 Å². The lowest BCUT2D eigenvalue weighted by atomic mass is 9.99. The highest BCUT2D eigenvalue weighted by Crippen LogP contribution is 2.29. The maximum Gasteiger partial charge on any atom is 0.230 e. The second-order valence-electron chi connectivity index (χ2n) is 6.67. The minimum Gasteiger partial charge on any atom is -0.496 e. The first-order chi connectivity index (χ1) is 12.8. The number of carbonyl (C=O) groups is 1. The third-order valence-electron chi connectivity index (χ3n) is 4.65. The van der Waals surface area contributed by atoms with Crippen LogP contribution in [0.1, 0.15) is 18.4 Å². The molecule has 1 saturated heterocycles. The smallest absolute Gasteiger partial charge is 0.230 e. The number of nitrogens with zero attached hydrogens (tertiary/aromatic N) is 2. The van der Waals surface area contributed by atoms with Gasteiger partial charge in [0.15, 0.2) is 5.13 Å². The number of ether oxygens (including phenoxy) is 1. The standard InChI is InChI=1S/C18H23N3O4S2/c1-12-9-13(6-7-16(12)25-2)15-11-26-18(19-15)20-17(22)14-5-4-8-21(10-14)27(3,23)24/h6-7,9,11,14H,4-5,8,10H2,1-3H3,(H,19,20,22)/t14-/m0/s1. The molecular weight excluding hydrogens is 386 g/mol. The fourth-order valence-corrected chi connectivity index (χ4v) is 4.80. The Balaban J connectivity index is 1.68. The molecular formula is C18H23N3O4S2. The second kappa shape index (κ2) is 7.95. The van der Waals surface area contributed by atoms with Crippen molar-refractivity contribution in [3.8, 4) is 17.0 Å². The van der Waals surface area contributed by atoms with E-state index in [9.17, 15) is 13.2 Å². The van der Waals surface area contributed by atoms with Crippen LogP contribution < -0.4 is 10.1 Å². The van der Waals surface area contributed by atoms with E-state index in [0.717, 1.165) is 22.6 Å². The summed E-state index contributed by atoms with van der Waals surface area (Å²) in [7, 11) is -1.64. The second-order valence-corrected chi connectivity index (χ2v) is 9.51. The van der Waals surface area contributed by atoms with Crippen LogP contribution in [0, 0.1) is 12.8 Å². The molecule has 1 aromatic heterocycles. The third kappa shape index (κ3) is 4.66. The van der Waals surface area contributed by atoms with Crippen LogP contribution in [0.2, 0.25) is 0 Å². The molecule has 1 fully saturated rings. The first-order valence-corrected chi connectivity index (χ1v) is 11.4. The Kier molecular flexibility index (Phi) is 5.83. The van der Waals surface area contributed by atoms with Crippen molar-refractivity contribution in [1.29, 1.82) is 0 Å². The Labute approximate surface area is 163 Å². The number of thiazole rings is 1. The summed E-state index contributed by atoms with van der Waals surface area (Å²) in [5.74, 6) is 0.273. The lowest BCUT2D eigenvalue weighted by Crippen LogP contribution is -2.43. The van der Waals surface area contributed by atoms with Crippen molar-refractivity contribution in [3.63, 3.8) is 0 Å². The average Bonchev–Trinajstić information content (AvgIpc) is 3.09. The molecule has 27 heavy (non-hydrogen) atoms. The number of carbonyl (C=O) groups excluding carboxylic acids is 1. The molecule has 0 bridgehead atoms. The number of piperidine rings is 1. The normalized spacial score (nSPS) is 18.3. The maximum atomic E-state index is 12.5. The molecule has 1 aliphatic heterocycles. The van der Waals surface area contributed by atoms with E-state index < -0.39 is 10.0 Å². The molecule has 0 saturated carbocycles. The van der Waals surface area contributed by atoms with Crippen LogP contribution in [0.4, 0.5) is 5.13 Å². The summed E-state index contributed by atoms with van der Waals surface area (Å²) in [4.78, 5) is 17.0. The zero-order chi connectivity index (χ0) is 19.6. The highest BCUT2D eigenvalue weighted by molar-refractivity contribution is 7.88. The van der Waals surface area contributed by atoms with E-state index in [0.29, 0.717) is 24.5 Å². The number of hydrogen-bond acceptors (Lipinski definition) is 6. The van der Waals surface area contributed by atoms with Crippen LogP contribution in [-0.4, -0.2) is 50.1 Å². The van der Waals surface area contributed by atoms with Crippen LogP contribution in [0.25, 0.3) is 11.3 Å². The van der Waals surface area contributed by atoms with Crippen LogP contribution in [0.15, 0.2) is 23.6 Å². The summed E-state index contributed by atoms with van der Waals surface area (Å²) >= 11 is 1.35. The van der Waals surface area contributed by atoms with Crippen molar-refractivity contribution < 1.29 is 17.9 Å². The molecule has 0 unspecified atom stereocenters. The molecule has 2 heterocycles.